The molecule has 0 atom stereocenters. The maximum atomic E-state index is 5.93. The molecule has 1 aliphatic heterocycles. The number of ether oxygens (including phenoxy) is 2. The molecule has 0 unspecified atom stereocenters. The van der Waals surface area contributed by atoms with Gasteiger partial charge in [-0.05, 0) is 82.6 Å². The lowest BCUT2D eigenvalue weighted by Crippen LogP contribution is -2.62. The van der Waals surface area contributed by atoms with E-state index in [4.69, 9.17) is 21.7 Å². The molecule has 0 saturated carbocycles. The number of methoxy groups -OCH3 is 2. The molecule has 1 aliphatic rings. The van der Waals surface area contributed by atoms with Crippen LogP contribution in [0.2, 0.25) is 0 Å². The van der Waals surface area contributed by atoms with Crippen molar-refractivity contribution in [3.63, 3.8) is 0 Å². The number of hydrogen-bond acceptors (Lipinski definition) is 5. The van der Waals surface area contributed by atoms with Gasteiger partial charge >= 0.3 is 0 Å². The number of thiocarbonyl (C=S) groups is 1. The molecule has 2 N–H and O–H groups in total. The molecule has 2 heterocycles. The van der Waals surface area contributed by atoms with Crippen molar-refractivity contribution in [2.45, 2.75) is 70.7 Å². The number of nitrogens with one attached hydrogen (secondary N) is 2. The smallest absolute Gasteiger partial charge is 0.169 e. The van der Waals surface area contributed by atoms with Crippen LogP contribution in [0, 0.1) is 0 Å². The monoisotopic (exact) mass is 456 g/mol. The van der Waals surface area contributed by atoms with Crippen molar-refractivity contribution in [2.24, 2.45) is 0 Å². The summed E-state index contributed by atoms with van der Waals surface area (Å²) in [6.45, 7) is 10.3. The number of aromatic nitrogens is 1. The lowest BCUT2D eigenvalue weighted by Gasteiger charge is -2.47. The molecule has 1 saturated heterocycles. The average molecular weight is 457 g/mol. The summed E-state index contributed by atoms with van der Waals surface area (Å²) in [7, 11) is 3.30. The van der Waals surface area contributed by atoms with Crippen molar-refractivity contribution >= 4 is 17.3 Å². The summed E-state index contributed by atoms with van der Waals surface area (Å²) in [5, 5.41) is 8.13. The maximum absolute atomic E-state index is 5.93. The zero-order chi connectivity index (χ0) is 23.4. The van der Waals surface area contributed by atoms with Crippen LogP contribution in [0.4, 0.5) is 0 Å². The van der Waals surface area contributed by atoms with E-state index >= 15 is 0 Å². The molecule has 174 valence electrons. The van der Waals surface area contributed by atoms with Gasteiger partial charge in [0.1, 0.15) is 0 Å². The Morgan fingerprint density at radius 1 is 1.06 bits per heavy atom. The standard InChI is InChI=1S/C25H36N4O2S/c1-24(2)14-20(15-25(3,4)28-24)27-23(32)29(17-19-9-7-8-12-26-19)16-18-10-11-21(30-5)22(13-18)31-6/h7-13,20,28H,14-17H2,1-6H3,(H,27,32). The van der Waals surface area contributed by atoms with Crippen molar-refractivity contribution in [3.8, 4) is 11.5 Å². The molecule has 3 rings (SSSR count). The first-order chi connectivity index (χ1) is 15.1. The second-order valence-electron chi connectivity index (χ2n) is 9.81. The summed E-state index contributed by atoms with van der Waals surface area (Å²) >= 11 is 5.93. The van der Waals surface area contributed by atoms with E-state index in [1.54, 1.807) is 14.2 Å². The average Bonchev–Trinajstić information content (AvgIpc) is 2.71. The van der Waals surface area contributed by atoms with Crippen LogP contribution in [0.5, 0.6) is 11.5 Å². The lowest BCUT2D eigenvalue weighted by atomic mass is 9.80. The van der Waals surface area contributed by atoms with E-state index < -0.39 is 0 Å². The Morgan fingerprint density at radius 2 is 1.75 bits per heavy atom. The number of nitrogens with zero attached hydrogens (tertiary/aromatic N) is 2. The highest BCUT2D eigenvalue weighted by atomic mass is 32.1. The van der Waals surface area contributed by atoms with E-state index in [-0.39, 0.29) is 11.1 Å². The third-order valence-corrected chi connectivity index (χ3v) is 6.08. The van der Waals surface area contributed by atoms with Crippen molar-refractivity contribution < 1.29 is 9.47 Å². The SMILES string of the molecule is COc1ccc(CN(Cc2ccccn2)C(=S)NC2CC(C)(C)NC(C)(C)C2)cc1OC. The molecule has 32 heavy (non-hydrogen) atoms. The number of hydrogen-bond donors (Lipinski definition) is 2. The lowest BCUT2D eigenvalue weighted by molar-refractivity contribution is 0.153. The maximum Gasteiger partial charge on any atom is 0.169 e. The minimum absolute atomic E-state index is 0.0458. The quantitative estimate of drug-likeness (QED) is 0.603. The molecule has 0 bridgehead atoms. The van der Waals surface area contributed by atoms with Crippen molar-refractivity contribution in [2.75, 3.05) is 14.2 Å². The predicted molar refractivity (Wildman–Crippen MR) is 133 cm³/mol. The Bertz CT molecular complexity index is 901. The first-order valence-electron chi connectivity index (χ1n) is 11.1. The van der Waals surface area contributed by atoms with Crippen LogP contribution < -0.4 is 20.1 Å². The molecular weight excluding hydrogens is 420 g/mol. The van der Waals surface area contributed by atoms with E-state index in [0.29, 0.717) is 30.6 Å². The number of rotatable bonds is 7. The summed E-state index contributed by atoms with van der Waals surface area (Å²) < 4.78 is 10.9. The fourth-order valence-corrected chi connectivity index (χ4v) is 5.07. The van der Waals surface area contributed by atoms with E-state index in [2.05, 4.69) is 48.2 Å². The van der Waals surface area contributed by atoms with Gasteiger partial charge in [0.15, 0.2) is 16.6 Å². The van der Waals surface area contributed by atoms with Gasteiger partial charge in [-0.3, -0.25) is 4.98 Å². The molecule has 7 heteroatoms. The third kappa shape index (κ3) is 6.56. The number of pyridine rings is 1. The van der Waals surface area contributed by atoms with Crippen LogP contribution in [-0.4, -0.2) is 46.3 Å². The van der Waals surface area contributed by atoms with Crippen molar-refractivity contribution in [1.29, 1.82) is 0 Å². The van der Waals surface area contributed by atoms with Crippen molar-refractivity contribution in [3.05, 3.63) is 53.9 Å². The number of piperidine rings is 1. The van der Waals surface area contributed by atoms with Gasteiger partial charge in [0.25, 0.3) is 0 Å². The van der Waals surface area contributed by atoms with Crippen LogP contribution in [0.3, 0.4) is 0 Å². The Labute approximate surface area is 197 Å². The molecule has 1 fully saturated rings. The number of benzene rings is 1. The van der Waals surface area contributed by atoms with E-state index in [0.717, 1.165) is 29.2 Å². The van der Waals surface area contributed by atoms with Crippen LogP contribution in [0.15, 0.2) is 42.6 Å². The predicted octanol–water partition coefficient (Wildman–Crippen LogP) is 4.28. The van der Waals surface area contributed by atoms with Gasteiger partial charge in [0, 0.05) is 29.9 Å². The molecule has 0 radical (unpaired) electrons. The highest BCUT2D eigenvalue weighted by Gasteiger charge is 2.38. The fraction of sp³-hybridized carbons (Fsp3) is 0.520. The molecule has 0 amide bonds. The molecule has 0 aliphatic carbocycles. The topological polar surface area (TPSA) is 58.7 Å². The van der Waals surface area contributed by atoms with Crippen LogP contribution in [0.25, 0.3) is 0 Å². The minimum Gasteiger partial charge on any atom is -0.493 e. The van der Waals surface area contributed by atoms with Gasteiger partial charge in [-0.1, -0.05) is 12.1 Å². The highest BCUT2D eigenvalue weighted by molar-refractivity contribution is 7.80. The third-order valence-electron chi connectivity index (χ3n) is 5.71. The Morgan fingerprint density at radius 3 is 2.34 bits per heavy atom. The van der Waals surface area contributed by atoms with Gasteiger partial charge < -0.3 is 25.0 Å². The summed E-state index contributed by atoms with van der Waals surface area (Å²) in [5.74, 6) is 1.43. The fourth-order valence-electron chi connectivity index (χ4n) is 4.78. The zero-order valence-corrected chi connectivity index (χ0v) is 20.9. The summed E-state index contributed by atoms with van der Waals surface area (Å²) in [6.07, 6.45) is 3.83. The second kappa shape index (κ2) is 10.0. The summed E-state index contributed by atoms with van der Waals surface area (Å²) in [6, 6.07) is 12.2. The van der Waals surface area contributed by atoms with Gasteiger partial charge in [-0.2, -0.15) is 0 Å². The normalized spacial score (nSPS) is 17.4. The Hall–Kier alpha value is -2.38. The molecule has 1 aromatic carbocycles. The van der Waals surface area contributed by atoms with Gasteiger partial charge in [0.2, 0.25) is 0 Å². The van der Waals surface area contributed by atoms with Crippen LogP contribution in [-0.2, 0) is 13.1 Å². The van der Waals surface area contributed by atoms with Crippen molar-refractivity contribution in [1.82, 2.24) is 20.5 Å². The highest BCUT2D eigenvalue weighted by Crippen LogP contribution is 2.30. The summed E-state index contributed by atoms with van der Waals surface area (Å²) in [5.41, 5.74) is 2.16. The van der Waals surface area contributed by atoms with Gasteiger partial charge in [-0.25, -0.2) is 0 Å². The summed E-state index contributed by atoms with van der Waals surface area (Å²) in [4.78, 5) is 6.68. The van der Waals surface area contributed by atoms with Crippen LogP contribution in [0.1, 0.15) is 51.8 Å². The first-order valence-corrected chi connectivity index (χ1v) is 11.5. The van der Waals surface area contributed by atoms with Gasteiger partial charge in [0.05, 0.1) is 26.5 Å². The van der Waals surface area contributed by atoms with E-state index in [9.17, 15) is 0 Å². The zero-order valence-electron chi connectivity index (χ0n) is 20.1. The molecular formula is C25H36N4O2S. The molecule has 0 spiro atoms. The minimum atomic E-state index is 0.0458. The van der Waals surface area contributed by atoms with Crippen LogP contribution >= 0.6 is 12.2 Å². The second-order valence-corrected chi connectivity index (χ2v) is 10.2. The Balaban J connectivity index is 1.80. The van der Waals surface area contributed by atoms with E-state index in [1.807, 2.05) is 42.6 Å². The Kier molecular flexibility index (Phi) is 7.62. The largest absolute Gasteiger partial charge is 0.493 e. The van der Waals surface area contributed by atoms with E-state index in [1.165, 1.54) is 0 Å². The molecule has 6 nitrogen and oxygen atoms in total. The van der Waals surface area contributed by atoms with Gasteiger partial charge in [-0.15, -0.1) is 0 Å². The first kappa shape index (κ1) is 24.3. The molecule has 2 aromatic rings. The molecule has 1 aromatic heterocycles.